The average molecular weight is 302 g/mol. The molecule has 0 aromatic heterocycles. The van der Waals surface area contributed by atoms with E-state index in [4.69, 9.17) is 0 Å². The smallest absolute Gasteiger partial charge is 0.0145 e. The van der Waals surface area contributed by atoms with E-state index in [1.54, 1.807) is 11.8 Å². The maximum absolute atomic E-state index is 2.26. The molecular formula is C21H18S. The molecular weight excluding hydrogens is 284 g/mol. The summed E-state index contributed by atoms with van der Waals surface area (Å²) in [5.41, 5.74) is 5.06. The maximum atomic E-state index is 2.26. The van der Waals surface area contributed by atoms with Gasteiger partial charge in [0.1, 0.15) is 0 Å². The van der Waals surface area contributed by atoms with Gasteiger partial charge in [-0.1, -0.05) is 90.6 Å². The van der Waals surface area contributed by atoms with Crippen LogP contribution in [-0.2, 0) is 0 Å². The number of hydrogen-bond donors (Lipinski definition) is 0. The fourth-order valence-corrected chi connectivity index (χ4v) is 3.28. The van der Waals surface area contributed by atoms with Crippen molar-refractivity contribution in [1.29, 1.82) is 0 Å². The summed E-state index contributed by atoms with van der Waals surface area (Å²) in [6, 6.07) is 29.6. The Kier molecular flexibility index (Phi) is 4.77. The van der Waals surface area contributed by atoms with Crippen LogP contribution in [-0.4, -0.2) is 0 Å². The fraction of sp³-hybridized carbons (Fsp3) is 0.0476. The van der Waals surface area contributed by atoms with Crippen LogP contribution < -0.4 is 0 Å². The molecule has 3 rings (SSSR count). The van der Waals surface area contributed by atoms with Gasteiger partial charge in [0.25, 0.3) is 0 Å². The van der Waals surface area contributed by atoms with Crippen molar-refractivity contribution in [1.82, 2.24) is 0 Å². The van der Waals surface area contributed by atoms with Crippen LogP contribution in [0.2, 0.25) is 0 Å². The van der Waals surface area contributed by atoms with Crippen LogP contribution in [0.3, 0.4) is 0 Å². The molecule has 0 saturated heterocycles. The molecule has 0 aliphatic carbocycles. The van der Waals surface area contributed by atoms with Crippen molar-refractivity contribution in [2.45, 2.75) is 11.8 Å². The Balaban J connectivity index is 1.99. The molecule has 0 spiro atoms. The van der Waals surface area contributed by atoms with E-state index in [-0.39, 0.29) is 0 Å². The zero-order valence-electron chi connectivity index (χ0n) is 12.6. The molecule has 0 aliphatic heterocycles. The summed E-state index contributed by atoms with van der Waals surface area (Å²) in [6.07, 6.45) is 0. The third-order valence-corrected chi connectivity index (χ3v) is 4.63. The van der Waals surface area contributed by atoms with Gasteiger partial charge in [-0.05, 0) is 40.7 Å². The highest BCUT2D eigenvalue weighted by molar-refractivity contribution is 8.02. The second-order valence-electron chi connectivity index (χ2n) is 5.15. The van der Waals surface area contributed by atoms with Gasteiger partial charge in [-0.15, -0.1) is 0 Å². The molecule has 0 radical (unpaired) electrons. The molecule has 108 valence electrons. The van der Waals surface area contributed by atoms with Crippen LogP contribution in [0.1, 0.15) is 16.7 Å². The molecule has 0 heterocycles. The van der Waals surface area contributed by atoms with Gasteiger partial charge in [0.15, 0.2) is 0 Å². The Bertz CT molecular complexity index is 717. The van der Waals surface area contributed by atoms with Crippen molar-refractivity contribution in [2.75, 3.05) is 0 Å². The van der Waals surface area contributed by atoms with Gasteiger partial charge in [-0.25, -0.2) is 0 Å². The number of hydrogen-bond acceptors (Lipinski definition) is 1. The number of benzene rings is 3. The Morgan fingerprint density at radius 2 is 1.18 bits per heavy atom. The highest BCUT2D eigenvalue weighted by Crippen LogP contribution is 2.30. The van der Waals surface area contributed by atoms with E-state index in [9.17, 15) is 0 Å². The average Bonchev–Trinajstić information content (AvgIpc) is 2.59. The van der Waals surface area contributed by atoms with E-state index in [1.807, 2.05) is 0 Å². The lowest BCUT2D eigenvalue weighted by atomic mass is 10.00. The van der Waals surface area contributed by atoms with E-state index in [2.05, 4.69) is 97.3 Å². The third kappa shape index (κ3) is 3.49. The number of aryl methyl sites for hydroxylation is 1. The van der Waals surface area contributed by atoms with Crippen LogP contribution in [0.15, 0.2) is 95.2 Å². The third-order valence-electron chi connectivity index (χ3n) is 3.57. The Labute approximate surface area is 136 Å². The SMILES string of the molecule is Cc1ccccc1SC=C(c1ccccc1)c1ccccc1. The van der Waals surface area contributed by atoms with Gasteiger partial charge in [-0.2, -0.15) is 0 Å². The van der Waals surface area contributed by atoms with E-state index in [0.717, 1.165) is 0 Å². The summed E-state index contributed by atoms with van der Waals surface area (Å²) < 4.78 is 0. The summed E-state index contributed by atoms with van der Waals surface area (Å²) in [6.45, 7) is 2.15. The predicted octanol–water partition coefficient (Wildman–Crippen LogP) is 6.18. The molecule has 22 heavy (non-hydrogen) atoms. The lowest BCUT2D eigenvalue weighted by molar-refractivity contribution is 1.31. The van der Waals surface area contributed by atoms with Gasteiger partial charge in [0, 0.05) is 4.90 Å². The summed E-state index contributed by atoms with van der Waals surface area (Å²) in [5, 5.41) is 2.26. The monoisotopic (exact) mass is 302 g/mol. The van der Waals surface area contributed by atoms with Crippen LogP contribution in [0.5, 0.6) is 0 Å². The molecule has 0 fully saturated rings. The first kappa shape index (κ1) is 14.7. The minimum absolute atomic E-state index is 1.25. The molecule has 0 N–H and O–H groups in total. The highest BCUT2D eigenvalue weighted by Gasteiger charge is 2.05. The van der Waals surface area contributed by atoms with Crippen molar-refractivity contribution in [2.24, 2.45) is 0 Å². The largest absolute Gasteiger partial charge is 0.0971 e. The maximum Gasteiger partial charge on any atom is 0.0145 e. The first-order valence-electron chi connectivity index (χ1n) is 7.38. The summed E-state index contributed by atoms with van der Waals surface area (Å²) in [4.78, 5) is 1.30. The molecule has 0 bridgehead atoms. The highest BCUT2D eigenvalue weighted by atomic mass is 32.2. The van der Waals surface area contributed by atoms with E-state index < -0.39 is 0 Å². The molecule has 0 nitrogen and oxygen atoms in total. The van der Waals surface area contributed by atoms with Crippen molar-refractivity contribution in [3.63, 3.8) is 0 Å². The van der Waals surface area contributed by atoms with Gasteiger partial charge in [0.2, 0.25) is 0 Å². The standard InChI is InChI=1S/C21H18S/c1-17-10-8-9-15-21(17)22-16-20(18-11-4-2-5-12-18)19-13-6-3-7-14-19/h2-16H,1H3. The lowest BCUT2D eigenvalue weighted by Gasteiger charge is -2.09. The Morgan fingerprint density at radius 1 is 0.682 bits per heavy atom. The summed E-state index contributed by atoms with van der Waals surface area (Å²) >= 11 is 1.78. The first-order chi connectivity index (χ1) is 10.8. The van der Waals surface area contributed by atoms with Crippen molar-refractivity contribution in [3.05, 3.63) is 107 Å². The second kappa shape index (κ2) is 7.15. The molecule has 3 aromatic rings. The van der Waals surface area contributed by atoms with Crippen molar-refractivity contribution in [3.8, 4) is 0 Å². The predicted molar refractivity (Wildman–Crippen MR) is 97.0 cm³/mol. The molecule has 0 atom stereocenters. The zero-order chi connectivity index (χ0) is 15.2. The minimum Gasteiger partial charge on any atom is -0.0971 e. The van der Waals surface area contributed by atoms with E-state index >= 15 is 0 Å². The number of rotatable bonds is 4. The van der Waals surface area contributed by atoms with Crippen LogP contribution in [0.25, 0.3) is 5.57 Å². The summed E-state index contributed by atoms with van der Waals surface area (Å²) in [7, 11) is 0. The Morgan fingerprint density at radius 3 is 1.73 bits per heavy atom. The fourth-order valence-electron chi connectivity index (χ4n) is 2.35. The molecule has 0 saturated carbocycles. The van der Waals surface area contributed by atoms with Gasteiger partial charge >= 0.3 is 0 Å². The van der Waals surface area contributed by atoms with Gasteiger partial charge in [-0.3, -0.25) is 0 Å². The quantitative estimate of drug-likeness (QED) is 0.519. The molecule has 0 amide bonds. The summed E-state index contributed by atoms with van der Waals surface area (Å²) in [5.74, 6) is 0. The van der Waals surface area contributed by atoms with Crippen molar-refractivity contribution >= 4 is 17.3 Å². The van der Waals surface area contributed by atoms with Crippen LogP contribution >= 0.6 is 11.8 Å². The lowest BCUT2D eigenvalue weighted by Crippen LogP contribution is -1.87. The molecule has 1 heteroatoms. The van der Waals surface area contributed by atoms with Crippen LogP contribution in [0, 0.1) is 6.92 Å². The molecule has 3 aromatic carbocycles. The van der Waals surface area contributed by atoms with Crippen LogP contribution in [0.4, 0.5) is 0 Å². The normalized spacial score (nSPS) is 10.2. The number of thioether (sulfide) groups is 1. The van der Waals surface area contributed by atoms with E-state index in [0.29, 0.717) is 0 Å². The van der Waals surface area contributed by atoms with Gasteiger partial charge in [0.05, 0.1) is 0 Å². The van der Waals surface area contributed by atoms with Gasteiger partial charge < -0.3 is 0 Å². The Hall–Kier alpha value is -2.25. The molecule has 0 unspecified atom stereocenters. The zero-order valence-corrected chi connectivity index (χ0v) is 13.4. The van der Waals surface area contributed by atoms with Crippen molar-refractivity contribution < 1.29 is 0 Å². The van der Waals surface area contributed by atoms with E-state index in [1.165, 1.54) is 27.2 Å². The first-order valence-corrected chi connectivity index (χ1v) is 8.26. The minimum atomic E-state index is 1.25. The topological polar surface area (TPSA) is 0 Å². The molecule has 0 aliphatic rings. The second-order valence-corrected chi connectivity index (χ2v) is 6.06.